The molecule has 138 valence electrons. The molecule has 1 amide bonds. The molecule has 27 heavy (non-hydrogen) atoms. The van der Waals surface area contributed by atoms with Gasteiger partial charge in [0, 0.05) is 38.4 Å². The summed E-state index contributed by atoms with van der Waals surface area (Å²) in [6.07, 6.45) is 7.10. The van der Waals surface area contributed by atoms with Crippen molar-refractivity contribution in [2.45, 2.75) is 25.3 Å². The van der Waals surface area contributed by atoms with Crippen LogP contribution in [0.5, 0.6) is 0 Å². The number of piperazine rings is 1. The molecular weight excluding hydrogens is 336 g/mol. The van der Waals surface area contributed by atoms with Gasteiger partial charge in [0.1, 0.15) is 0 Å². The maximum absolute atomic E-state index is 13.0. The molecule has 5 rings (SSSR count). The number of amides is 1. The number of rotatable bonds is 2. The van der Waals surface area contributed by atoms with Gasteiger partial charge in [0.25, 0.3) is 5.91 Å². The van der Waals surface area contributed by atoms with Crippen LogP contribution in [0, 0.1) is 0 Å². The summed E-state index contributed by atoms with van der Waals surface area (Å²) < 4.78 is 1.77. The van der Waals surface area contributed by atoms with Crippen molar-refractivity contribution >= 4 is 11.4 Å². The molecule has 0 N–H and O–H groups in total. The highest BCUT2D eigenvalue weighted by atomic mass is 16.2. The average molecular weight is 360 g/mol. The predicted octanol–water partition coefficient (Wildman–Crippen LogP) is 2.65. The molecule has 0 spiro atoms. The van der Waals surface area contributed by atoms with Gasteiger partial charge < -0.3 is 4.90 Å². The molecule has 2 aliphatic rings. The van der Waals surface area contributed by atoms with E-state index in [9.17, 15) is 4.79 Å². The number of benzene rings is 1. The first-order chi connectivity index (χ1) is 13.3. The molecule has 5 nitrogen and oxygen atoms in total. The second-order valence-corrected chi connectivity index (χ2v) is 7.58. The topological polar surface area (TPSA) is 40.9 Å². The fourth-order valence-electron chi connectivity index (χ4n) is 4.55. The number of carbonyl (C=O) groups is 1. The summed E-state index contributed by atoms with van der Waals surface area (Å²) in [5.74, 6) is 0.102. The van der Waals surface area contributed by atoms with Gasteiger partial charge in [-0.15, -0.1) is 0 Å². The summed E-state index contributed by atoms with van der Waals surface area (Å²) in [7, 11) is 0. The Balaban J connectivity index is 1.25. The zero-order valence-electron chi connectivity index (χ0n) is 15.4. The fraction of sp³-hybridized carbons (Fsp3) is 0.364. The van der Waals surface area contributed by atoms with Crippen molar-refractivity contribution in [1.82, 2.24) is 19.4 Å². The van der Waals surface area contributed by atoms with E-state index in [4.69, 9.17) is 0 Å². The number of hydrogen-bond acceptors (Lipinski definition) is 3. The molecule has 2 aromatic heterocycles. The van der Waals surface area contributed by atoms with Crippen LogP contribution in [-0.4, -0.2) is 57.5 Å². The van der Waals surface area contributed by atoms with Crippen LogP contribution < -0.4 is 0 Å². The Morgan fingerprint density at radius 3 is 2.59 bits per heavy atom. The van der Waals surface area contributed by atoms with Gasteiger partial charge in [0.15, 0.2) is 0 Å². The van der Waals surface area contributed by atoms with Crippen LogP contribution in [0.2, 0.25) is 0 Å². The summed E-state index contributed by atoms with van der Waals surface area (Å²) in [5.41, 5.74) is 4.60. The van der Waals surface area contributed by atoms with E-state index in [0.29, 0.717) is 11.6 Å². The van der Waals surface area contributed by atoms with Crippen molar-refractivity contribution in [2.75, 3.05) is 26.2 Å². The zero-order valence-corrected chi connectivity index (χ0v) is 15.4. The molecule has 0 bridgehead atoms. The van der Waals surface area contributed by atoms with Crippen molar-refractivity contribution in [3.8, 4) is 0 Å². The Morgan fingerprint density at radius 1 is 0.963 bits per heavy atom. The first-order valence-electron chi connectivity index (χ1n) is 9.82. The minimum absolute atomic E-state index is 0.102. The first kappa shape index (κ1) is 16.5. The molecule has 3 aromatic rings. The lowest BCUT2D eigenvalue weighted by molar-refractivity contribution is 0.0555. The van der Waals surface area contributed by atoms with Crippen molar-refractivity contribution in [3.63, 3.8) is 0 Å². The minimum atomic E-state index is 0.102. The number of hydrogen-bond donors (Lipinski definition) is 0. The van der Waals surface area contributed by atoms with Gasteiger partial charge in [-0.05, 0) is 42.5 Å². The van der Waals surface area contributed by atoms with Crippen LogP contribution >= 0.6 is 0 Å². The summed E-state index contributed by atoms with van der Waals surface area (Å²) in [6, 6.07) is 15.3. The van der Waals surface area contributed by atoms with Gasteiger partial charge in [-0.3, -0.25) is 9.69 Å². The summed E-state index contributed by atoms with van der Waals surface area (Å²) in [5, 5.41) is 4.30. The number of carbonyl (C=O) groups excluding carboxylic acids is 1. The number of aryl methyl sites for hydroxylation is 1. The van der Waals surface area contributed by atoms with Crippen LogP contribution in [0.3, 0.4) is 0 Å². The highest BCUT2D eigenvalue weighted by molar-refractivity contribution is 6.00. The fourth-order valence-corrected chi connectivity index (χ4v) is 4.55. The Kier molecular flexibility index (Phi) is 4.17. The molecule has 0 radical (unpaired) electrons. The van der Waals surface area contributed by atoms with E-state index in [-0.39, 0.29) is 5.91 Å². The SMILES string of the molecule is O=C(c1cnn2ccccc12)N1CCN([C@@H]2CCc3ccccc3C2)CC1. The van der Waals surface area contributed by atoms with Gasteiger partial charge in [-0.25, -0.2) is 4.52 Å². The van der Waals surface area contributed by atoms with E-state index < -0.39 is 0 Å². The van der Waals surface area contributed by atoms with Crippen LogP contribution in [0.4, 0.5) is 0 Å². The molecule has 5 heteroatoms. The highest BCUT2D eigenvalue weighted by Gasteiger charge is 2.29. The van der Waals surface area contributed by atoms with E-state index in [0.717, 1.165) is 38.1 Å². The largest absolute Gasteiger partial charge is 0.336 e. The Labute approximate surface area is 159 Å². The molecule has 1 aliphatic heterocycles. The lowest BCUT2D eigenvalue weighted by Crippen LogP contribution is -2.53. The monoisotopic (exact) mass is 360 g/mol. The Bertz CT molecular complexity index is 971. The molecule has 1 atom stereocenters. The maximum atomic E-state index is 13.0. The molecule has 3 heterocycles. The summed E-state index contributed by atoms with van der Waals surface area (Å²) in [6.45, 7) is 3.50. The Hall–Kier alpha value is -2.66. The average Bonchev–Trinajstić information content (AvgIpc) is 3.17. The number of pyridine rings is 1. The third-order valence-corrected chi connectivity index (χ3v) is 6.10. The number of nitrogens with zero attached hydrogens (tertiary/aromatic N) is 4. The van der Waals surface area contributed by atoms with Gasteiger partial charge in [0.2, 0.25) is 0 Å². The molecule has 0 saturated carbocycles. The first-order valence-corrected chi connectivity index (χ1v) is 9.82. The van der Waals surface area contributed by atoms with Gasteiger partial charge in [-0.1, -0.05) is 30.3 Å². The normalized spacial score (nSPS) is 20.6. The van der Waals surface area contributed by atoms with Crippen LogP contribution in [0.25, 0.3) is 5.52 Å². The Morgan fingerprint density at radius 2 is 1.74 bits per heavy atom. The number of aromatic nitrogens is 2. The van der Waals surface area contributed by atoms with Gasteiger partial charge in [-0.2, -0.15) is 5.10 Å². The zero-order chi connectivity index (χ0) is 18.2. The van der Waals surface area contributed by atoms with Crippen molar-refractivity contribution < 1.29 is 4.79 Å². The standard InChI is InChI=1S/C22H24N4O/c27-22(20-16-23-26-10-4-3-7-21(20)26)25-13-11-24(12-14-25)19-9-8-17-5-1-2-6-18(17)15-19/h1-7,10,16,19H,8-9,11-15H2/t19-/m1/s1. The molecule has 1 saturated heterocycles. The predicted molar refractivity (Wildman–Crippen MR) is 105 cm³/mol. The summed E-state index contributed by atoms with van der Waals surface area (Å²) >= 11 is 0. The molecule has 1 fully saturated rings. The number of fused-ring (bicyclic) bond motifs is 2. The van der Waals surface area contributed by atoms with Crippen LogP contribution in [-0.2, 0) is 12.8 Å². The maximum Gasteiger partial charge on any atom is 0.257 e. The lowest BCUT2D eigenvalue weighted by atomic mass is 9.87. The smallest absolute Gasteiger partial charge is 0.257 e. The highest BCUT2D eigenvalue weighted by Crippen LogP contribution is 2.25. The third kappa shape index (κ3) is 3.02. The second-order valence-electron chi connectivity index (χ2n) is 7.58. The third-order valence-electron chi connectivity index (χ3n) is 6.10. The van der Waals surface area contributed by atoms with Crippen molar-refractivity contribution in [2.24, 2.45) is 0 Å². The van der Waals surface area contributed by atoms with Crippen molar-refractivity contribution in [3.05, 3.63) is 71.5 Å². The van der Waals surface area contributed by atoms with Gasteiger partial charge in [0.05, 0.1) is 17.3 Å². The van der Waals surface area contributed by atoms with Crippen molar-refractivity contribution in [1.29, 1.82) is 0 Å². The molecule has 0 unspecified atom stereocenters. The van der Waals surface area contributed by atoms with Crippen LogP contribution in [0.15, 0.2) is 54.9 Å². The molecular formula is C22H24N4O. The second kappa shape index (κ2) is 6.82. The quantitative estimate of drug-likeness (QED) is 0.705. The van der Waals surface area contributed by atoms with Gasteiger partial charge >= 0.3 is 0 Å². The lowest BCUT2D eigenvalue weighted by Gasteiger charge is -2.41. The van der Waals surface area contributed by atoms with E-state index in [1.165, 1.54) is 24.0 Å². The van der Waals surface area contributed by atoms with E-state index in [1.54, 1.807) is 10.7 Å². The molecule has 1 aliphatic carbocycles. The van der Waals surface area contributed by atoms with E-state index in [2.05, 4.69) is 34.3 Å². The summed E-state index contributed by atoms with van der Waals surface area (Å²) in [4.78, 5) is 17.5. The van der Waals surface area contributed by atoms with Crippen LogP contribution in [0.1, 0.15) is 27.9 Å². The van der Waals surface area contributed by atoms with E-state index >= 15 is 0 Å². The molecule has 1 aromatic carbocycles. The minimum Gasteiger partial charge on any atom is -0.336 e. The van der Waals surface area contributed by atoms with E-state index in [1.807, 2.05) is 29.3 Å².